The van der Waals surface area contributed by atoms with Crippen molar-refractivity contribution in [2.45, 2.75) is 0 Å². The molecule has 28 heavy (non-hydrogen) atoms. The molecule has 136 valence electrons. The van der Waals surface area contributed by atoms with Crippen LogP contribution in [0.2, 0.25) is 0 Å². The van der Waals surface area contributed by atoms with Gasteiger partial charge in [0.1, 0.15) is 0 Å². The molecular weight excluding hydrogens is 517 g/mol. The van der Waals surface area contributed by atoms with Crippen LogP contribution in [0.3, 0.4) is 0 Å². The molecule has 0 saturated heterocycles. The number of aliphatic imine (C=N–C) groups is 1. The number of nitrogens with zero attached hydrogens (tertiary/aromatic N) is 1. The van der Waals surface area contributed by atoms with E-state index in [1.54, 1.807) is 0 Å². The Morgan fingerprint density at radius 2 is 1.46 bits per heavy atom. The van der Waals surface area contributed by atoms with Gasteiger partial charge in [-0.3, -0.25) is 0 Å². The fourth-order valence-electron chi connectivity index (χ4n) is 3.73. The van der Waals surface area contributed by atoms with Crippen molar-refractivity contribution in [3.05, 3.63) is 80.7 Å². The van der Waals surface area contributed by atoms with Gasteiger partial charge in [-0.05, 0) is 24.3 Å². The van der Waals surface area contributed by atoms with Crippen LogP contribution in [-0.2, 0) is 0 Å². The summed E-state index contributed by atoms with van der Waals surface area (Å²) in [7, 11) is 0. The van der Waals surface area contributed by atoms with Crippen molar-refractivity contribution in [2.24, 2.45) is 4.99 Å². The molecule has 3 aromatic carbocycles. The van der Waals surface area contributed by atoms with Crippen molar-refractivity contribution in [1.82, 2.24) is 0 Å². The van der Waals surface area contributed by atoms with Crippen molar-refractivity contribution in [3.8, 4) is 0 Å². The van der Waals surface area contributed by atoms with Gasteiger partial charge >= 0.3 is 0 Å². The second kappa shape index (κ2) is 6.39. The summed E-state index contributed by atoms with van der Waals surface area (Å²) < 4.78 is 10.4. The van der Waals surface area contributed by atoms with Crippen molar-refractivity contribution in [3.63, 3.8) is 0 Å². The van der Waals surface area contributed by atoms with E-state index in [2.05, 4.69) is 71.2 Å². The number of hydrogen-bond acceptors (Lipinski definition) is 3. The second-order valence-corrected chi connectivity index (χ2v) is 13.9. The van der Waals surface area contributed by atoms with E-state index in [4.69, 9.17) is 16.6 Å². The van der Waals surface area contributed by atoms with Crippen LogP contribution in [0.5, 0.6) is 0 Å². The molecule has 0 bridgehead atoms. The molecule has 1 aliphatic heterocycles. The molecule has 0 radical (unpaired) electrons. The van der Waals surface area contributed by atoms with Crippen LogP contribution in [0, 0.1) is 3.57 Å². The Balaban J connectivity index is 1.66. The summed E-state index contributed by atoms with van der Waals surface area (Å²) in [6.45, 7) is 0. The predicted octanol–water partition coefficient (Wildman–Crippen LogP) is 7.55. The molecular formula is C23H13ClINS2. The van der Waals surface area contributed by atoms with E-state index in [0.717, 1.165) is 11.3 Å². The van der Waals surface area contributed by atoms with E-state index in [0.29, 0.717) is 3.09 Å². The minimum Gasteiger partial charge on any atom is -0.229 e. The maximum Gasteiger partial charge on any atom is 0.156 e. The summed E-state index contributed by atoms with van der Waals surface area (Å²) in [6, 6.07) is 23.8. The van der Waals surface area contributed by atoms with Crippen LogP contribution in [0.15, 0.2) is 71.7 Å². The highest BCUT2D eigenvalue weighted by atomic mass is 127. The van der Waals surface area contributed by atoms with Gasteiger partial charge in [0.15, 0.2) is 3.09 Å². The first kappa shape index (κ1) is 17.2. The van der Waals surface area contributed by atoms with E-state index in [1.165, 1.54) is 38.7 Å². The number of rotatable bonds is 1. The van der Waals surface area contributed by atoms with Gasteiger partial charge in [-0.25, -0.2) is 4.99 Å². The summed E-state index contributed by atoms with van der Waals surface area (Å²) >= 11 is 8.42. The molecule has 5 heteroatoms. The predicted molar refractivity (Wildman–Crippen MR) is 137 cm³/mol. The fourth-order valence-corrected chi connectivity index (χ4v) is 10.6. The maximum absolute atomic E-state index is 6.63. The average Bonchev–Trinajstić information content (AvgIpc) is 3.29. The van der Waals surface area contributed by atoms with Gasteiger partial charge in [0.05, 0.1) is 10.6 Å². The normalized spacial score (nSPS) is 14.8. The molecule has 0 atom stereocenters. The van der Waals surface area contributed by atoms with Gasteiger partial charge in [-0.15, -0.1) is 22.7 Å². The van der Waals surface area contributed by atoms with Crippen LogP contribution < -0.4 is 0 Å². The number of hydrogen-bond donors (Lipinski definition) is 0. The third kappa shape index (κ3) is 2.45. The fraction of sp³-hybridized carbons (Fsp3) is 0. The molecule has 0 unspecified atom stereocenters. The molecule has 2 aromatic heterocycles. The van der Waals surface area contributed by atoms with Gasteiger partial charge < -0.3 is 0 Å². The van der Waals surface area contributed by atoms with Crippen molar-refractivity contribution < 1.29 is 0 Å². The molecule has 0 saturated carbocycles. The largest absolute Gasteiger partial charge is 0.229 e. The lowest BCUT2D eigenvalue weighted by Crippen LogP contribution is -2.08. The molecule has 1 nitrogen and oxygen atoms in total. The molecule has 5 aromatic rings. The minimum atomic E-state index is -1.87. The first-order valence-electron chi connectivity index (χ1n) is 8.74. The first-order valence-corrected chi connectivity index (χ1v) is 14.4. The quantitative estimate of drug-likeness (QED) is 0.157. The third-order valence-electron chi connectivity index (χ3n) is 5.01. The molecule has 0 aliphatic carbocycles. The number of thiophene rings is 2. The summed E-state index contributed by atoms with van der Waals surface area (Å²) in [6.07, 6.45) is 0. The Labute approximate surface area is 181 Å². The van der Waals surface area contributed by atoms with Crippen LogP contribution in [0.25, 0.3) is 30.3 Å². The Bertz CT molecular complexity index is 1550. The van der Waals surface area contributed by atoms with E-state index in [-0.39, 0.29) is 0 Å². The molecule has 1 aliphatic rings. The van der Waals surface area contributed by atoms with Gasteiger partial charge in [0.25, 0.3) is 0 Å². The summed E-state index contributed by atoms with van der Waals surface area (Å²) in [5.41, 5.74) is 2.13. The summed E-state index contributed by atoms with van der Waals surface area (Å²) in [4.78, 5) is 6.12. The van der Waals surface area contributed by atoms with Crippen molar-refractivity contribution >= 4 is 96.7 Å². The van der Waals surface area contributed by atoms with Crippen LogP contribution in [0.4, 0.5) is 0 Å². The maximum atomic E-state index is 6.63. The average molecular weight is 530 g/mol. The van der Waals surface area contributed by atoms with Gasteiger partial charge in [-0.1, -0.05) is 77.5 Å². The Morgan fingerprint density at radius 3 is 2.29 bits per heavy atom. The number of halogens is 2. The number of fused-ring (bicyclic) bond motifs is 6. The van der Waals surface area contributed by atoms with Crippen LogP contribution in [0.1, 0.15) is 10.4 Å². The van der Waals surface area contributed by atoms with E-state index in [9.17, 15) is 0 Å². The Morgan fingerprint density at radius 1 is 0.786 bits per heavy atom. The van der Waals surface area contributed by atoms with Crippen LogP contribution >= 0.6 is 53.1 Å². The van der Waals surface area contributed by atoms with E-state index < -0.39 is 18.9 Å². The lowest BCUT2D eigenvalue weighted by molar-refractivity contribution is 1.65. The van der Waals surface area contributed by atoms with E-state index >= 15 is 0 Å². The molecule has 0 amide bonds. The summed E-state index contributed by atoms with van der Waals surface area (Å²) in [5.74, 6) is 0. The highest BCUT2D eigenvalue weighted by Crippen LogP contribution is 2.43. The Kier molecular flexibility index (Phi) is 3.91. The topological polar surface area (TPSA) is 12.4 Å². The zero-order chi connectivity index (χ0) is 18.8. The lowest BCUT2D eigenvalue weighted by Gasteiger charge is -2.13. The smallest absolute Gasteiger partial charge is 0.156 e. The lowest BCUT2D eigenvalue weighted by atomic mass is 10.0. The van der Waals surface area contributed by atoms with Gasteiger partial charge in [0, 0.05) is 39.4 Å². The van der Waals surface area contributed by atoms with Gasteiger partial charge in [-0.2, -0.15) is 0 Å². The molecule has 0 fully saturated rings. The summed E-state index contributed by atoms with van der Waals surface area (Å²) in [5, 5.41) is 3.89. The van der Waals surface area contributed by atoms with Crippen molar-refractivity contribution in [2.75, 3.05) is 0 Å². The standard InChI is InChI=1S/C23H13ClINS2/c1-25-20-15-7-3-5-9-18(15)28-22(20)21(26-23(25)24)13-10-11-19-16(12-13)14-6-2-4-8-17(14)27-19/h2-12H,1H2. The van der Waals surface area contributed by atoms with Crippen LogP contribution in [-0.4, -0.2) is 13.3 Å². The first-order chi connectivity index (χ1) is 13.7. The zero-order valence-corrected chi connectivity index (χ0v) is 19.1. The Hall–Kier alpha value is -1.73. The SMILES string of the molecule is C=I1=C(Cl)N=C(c2ccc3sc4ccccc4c3c2)c2sc3ccccc3c21. The second-order valence-electron chi connectivity index (χ2n) is 6.61. The van der Waals surface area contributed by atoms with Crippen molar-refractivity contribution in [1.29, 1.82) is 0 Å². The van der Waals surface area contributed by atoms with Gasteiger partial charge in [0.2, 0.25) is 0 Å². The third-order valence-corrected chi connectivity index (χ3v) is 12.7. The van der Waals surface area contributed by atoms with E-state index in [1.807, 2.05) is 22.7 Å². The molecule has 3 heterocycles. The minimum absolute atomic E-state index is 0.713. The highest BCUT2D eigenvalue weighted by molar-refractivity contribution is 14.2. The zero-order valence-electron chi connectivity index (χ0n) is 14.6. The molecule has 6 rings (SSSR count). The monoisotopic (exact) mass is 529 g/mol. The number of benzene rings is 3. The highest BCUT2D eigenvalue weighted by Gasteiger charge is 2.23. The molecule has 0 spiro atoms. The molecule has 0 N–H and O–H groups in total.